The first-order valence-electron chi connectivity index (χ1n) is 9.68. The third-order valence-electron chi connectivity index (χ3n) is 4.08. The number of aliphatic hydroxyl groups is 1. The van der Waals surface area contributed by atoms with Crippen molar-refractivity contribution in [1.29, 1.82) is 5.26 Å². The summed E-state index contributed by atoms with van der Waals surface area (Å²) < 4.78 is 9.95. The fourth-order valence-corrected chi connectivity index (χ4v) is 3.11. The molecular formula is C19H17Cl2N7O8. The van der Waals surface area contributed by atoms with E-state index in [-0.39, 0.29) is 23.1 Å². The molecule has 0 spiro atoms. The molecule has 0 aliphatic carbocycles. The van der Waals surface area contributed by atoms with Crippen LogP contribution in [0.5, 0.6) is 11.6 Å². The number of aromatic amines is 1. The predicted molar refractivity (Wildman–Crippen MR) is 125 cm³/mol. The maximum atomic E-state index is 12.0. The number of nitrogens with zero attached hydrogens (tertiary/aromatic N) is 4. The molecular weight excluding hydrogens is 525 g/mol. The second kappa shape index (κ2) is 11.4. The minimum absolute atomic E-state index is 0.0400. The topological polar surface area (TPSA) is 222 Å². The molecule has 0 aliphatic heterocycles. The molecule has 2 amide bonds. The van der Waals surface area contributed by atoms with Gasteiger partial charge in [-0.2, -0.15) is 10.4 Å². The van der Waals surface area contributed by atoms with Crippen LogP contribution in [0.2, 0.25) is 10.0 Å². The molecule has 0 saturated carbocycles. The van der Waals surface area contributed by atoms with E-state index in [1.165, 1.54) is 26.8 Å². The summed E-state index contributed by atoms with van der Waals surface area (Å²) in [5, 5.41) is 40.9. The number of hydrogen-bond donors (Lipinski definition) is 4. The summed E-state index contributed by atoms with van der Waals surface area (Å²) in [6.45, 7) is 4.14. The van der Waals surface area contributed by atoms with Crippen molar-refractivity contribution >= 4 is 52.3 Å². The van der Waals surface area contributed by atoms with E-state index in [0.717, 1.165) is 12.1 Å². The number of anilines is 1. The molecule has 190 valence electrons. The van der Waals surface area contributed by atoms with E-state index in [2.05, 4.69) is 25.5 Å². The molecule has 0 aliphatic rings. The van der Waals surface area contributed by atoms with Crippen molar-refractivity contribution in [3.63, 3.8) is 0 Å². The fourth-order valence-electron chi connectivity index (χ4n) is 2.51. The average Bonchev–Trinajstić information content (AvgIpc) is 2.77. The monoisotopic (exact) mass is 541 g/mol. The van der Waals surface area contributed by atoms with Gasteiger partial charge in [-0.1, -0.05) is 23.2 Å². The van der Waals surface area contributed by atoms with Crippen LogP contribution >= 0.6 is 23.2 Å². The van der Waals surface area contributed by atoms with Crippen LogP contribution in [0.1, 0.15) is 26.3 Å². The van der Waals surface area contributed by atoms with E-state index in [0.29, 0.717) is 0 Å². The Balaban J connectivity index is 2.45. The molecule has 0 fully saturated rings. The number of hydrazone groups is 1. The number of carbonyl (C=O) groups is 2. The Morgan fingerprint density at radius 3 is 2.61 bits per heavy atom. The van der Waals surface area contributed by atoms with Crippen molar-refractivity contribution in [2.24, 2.45) is 5.10 Å². The first kappa shape index (κ1) is 28.0. The number of nitro groups is 1. The number of nitro benzene ring substituents is 1. The van der Waals surface area contributed by atoms with Gasteiger partial charge in [0, 0.05) is 6.07 Å². The zero-order valence-corrected chi connectivity index (χ0v) is 20.2. The van der Waals surface area contributed by atoms with Gasteiger partial charge in [-0.25, -0.2) is 9.89 Å². The Hall–Kier alpha value is -4.26. The molecule has 36 heavy (non-hydrogen) atoms. The molecule has 17 heteroatoms. The summed E-state index contributed by atoms with van der Waals surface area (Å²) in [5.41, 5.74) is -2.38. The SMILES string of the molecule is CCOC(=O)NC(=O)/C(C#N)=N/Nc1cc(Cl)c(Oc2cc(C(C)(C)O)c(=O)[nH]n2)c(Cl)c1[N+](=O)[O-]. The van der Waals surface area contributed by atoms with Gasteiger partial charge in [0.2, 0.25) is 11.6 Å². The molecule has 2 rings (SSSR count). The van der Waals surface area contributed by atoms with Gasteiger partial charge in [-0.3, -0.25) is 30.4 Å². The Morgan fingerprint density at radius 2 is 2.06 bits per heavy atom. The summed E-state index contributed by atoms with van der Waals surface area (Å²) in [4.78, 5) is 46.0. The van der Waals surface area contributed by atoms with E-state index >= 15 is 0 Å². The molecule has 1 heterocycles. The van der Waals surface area contributed by atoms with Gasteiger partial charge < -0.3 is 14.6 Å². The number of imide groups is 1. The van der Waals surface area contributed by atoms with Crippen LogP contribution in [0.25, 0.3) is 0 Å². The van der Waals surface area contributed by atoms with E-state index in [4.69, 9.17) is 33.2 Å². The van der Waals surface area contributed by atoms with Crippen molar-refractivity contribution in [3.05, 3.63) is 48.2 Å². The second-order valence-corrected chi connectivity index (χ2v) is 7.91. The van der Waals surface area contributed by atoms with Gasteiger partial charge in [0.25, 0.3) is 11.5 Å². The number of carbonyl (C=O) groups excluding carboxylic acids is 2. The molecule has 0 unspecified atom stereocenters. The molecule has 1 aromatic carbocycles. The van der Waals surface area contributed by atoms with Crippen LogP contribution in [-0.4, -0.2) is 44.5 Å². The Kier molecular flexibility index (Phi) is 8.90. The zero-order valence-electron chi connectivity index (χ0n) is 18.7. The number of ether oxygens (including phenoxy) is 2. The first-order chi connectivity index (χ1) is 16.8. The number of nitrogens with one attached hydrogen (secondary N) is 3. The van der Waals surface area contributed by atoms with Gasteiger partial charge in [0.1, 0.15) is 11.8 Å². The smallest absolute Gasteiger partial charge is 0.414 e. The number of halogens is 2. The lowest BCUT2D eigenvalue weighted by atomic mass is 10.0. The lowest BCUT2D eigenvalue weighted by Crippen LogP contribution is -2.36. The van der Waals surface area contributed by atoms with Gasteiger partial charge in [-0.05, 0) is 26.8 Å². The third-order valence-corrected chi connectivity index (χ3v) is 4.71. The maximum Gasteiger partial charge on any atom is 0.414 e. The molecule has 4 N–H and O–H groups in total. The molecule has 0 atom stereocenters. The highest BCUT2D eigenvalue weighted by Gasteiger charge is 2.28. The molecule has 2 aromatic rings. The van der Waals surface area contributed by atoms with Gasteiger partial charge in [-0.15, -0.1) is 5.10 Å². The minimum Gasteiger partial charge on any atom is -0.450 e. The van der Waals surface area contributed by atoms with E-state index in [1.54, 1.807) is 5.32 Å². The quantitative estimate of drug-likeness (QED) is 0.216. The van der Waals surface area contributed by atoms with Crippen molar-refractivity contribution in [2.75, 3.05) is 12.0 Å². The van der Waals surface area contributed by atoms with E-state index < -0.39 is 55.9 Å². The molecule has 0 saturated heterocycles. The second-order valence-electron chi connectivity index (χ2n) is 7.12. The third kappa shape index (κ3) is 6.66. The first-order valence-corrected chi connectivity index (χ1v) is 10.4. The van der Waals surface area contributed by atoms with Crippen LogP contribution in [0.15, 0.2) is 22.0 Å². The Bertz CT molecular complexity index is 1350. The summed E-state index contributed by atoms with van der Waals surface area (Å²) >= 11 is 12.3. The van der Waals surface area contributed by atoms with Crippen LogP contribution in [0, 0.1) is 21.4 Å². The highest BCUT2D eigenvalue weighted by atomic mass is 35.5. The van der Waals surface area contributed by atoms with Crippen molar-refractivity contribution in [3.8, 4) is 17.7 Å². The zero-order chi connectivity index (χ0) is 27.2. The number of alkyl carbamates (subject to hydrolysis) is 1. The number of nitriles is 1. The highest BCUT2D eigenvalue weighted by Crippen LogP contribution is 2.46. The van der Waals surface area contributed by atoms with Crippen LogP contribution in [-0.2, 0) is 15.1 Å². The van der Waals surface area contributed by atoms with Gasteiger partial charge >= 0.3 is 11.8 Å². The number of benzene rings is 1. The summed E-state index contributed by atoms with van der Waals surface area (Å²) in [6.07, 6.45) is -1.13. The fraction of sp³-hybridized carbons (Fsp3) is 0.263. The summed E-state index contributed by atoms with van der Waals surface area (Å²) in [7, 11) is 0. The number of hydrogen-bond acceptors (Lipinski definition) is 12. The highest BCUT2D eigenvalue weighted by molar-refractivity contribution is 6.47. The largest absolute Gasteiger partial charge is 0.450 e. The number of amides is 2. The summed E-state index contributed by atoms with van der Waals surface area (Å²) in [6, 6.07) is 3.47. The predicted octanol–water partition coefficient (Wildman–Crippen LogP) is 2.57. The summed E-state index contributed by atoms with van der Waals surface area (Å²) in [5.74, 6) is -1.97. The van der Waals surface area contributed by atoms with E-state index in [9.17, 15) is 29.6 Å². The molecule has 1 aromatic heterocycles. The number of H-pyrrole nitrogens is 1. The van der Waals surface area contributed by atoms with Crippen LogP contribution in [0.4, 0.5) is 16.2 Å². The van der Waals surface area contributed by atoms with Crippen molar-refractivity contribution < 1.29 is 29.1 Å². The molecule has 0 radical (unpaired) electrons. The van der Waals surface area contributed by atoms with Crippen molar-refractivity contribution in [1.82, 2.24) is 15.5 Å². The molecule has 0 bridgehead atoms. The maximum absolute atomic E-state index is 12.0. The lowest BCUT2D eigenvalue weighted by molar-refractivity contribution is -0.383. The van der Waals surface area contributed by atoms with Crippen LogP contribution in [0.3, 0.4) is 0 Å². The van der Waals surface area contributed by atoms with Crippen molar-refractivity contribution in [2.45, 2.75) is 26.4 Å². The Labute approximate surface area is 211 Å². The van der Waals surface area contributed by atoms with Gasteiger partial charge in [0.15, 0.2) is 10.8 Å². The number of aromatic nitrogens is 2. The Morgan fingerprint density at radius 1 is 1.39 bits per heavy atom. The average molecular weight is 542 g/mol. The standard InChI is InChI=1S/C19H17Cl2N7O8/c1-4-35-18(31)23-17(30)11(7-22)25-24-10-6-9(20)15(13(21)14(10)28(33)34)36-12-5-8(19(2,3)32)16(29)27-26-12/h5-6,24,32H,4H2,1-3H3,(H,27,29)(H,23,30,31)/b25-11+. The van der Waals surface area contributed by atoms with E-state index in [1.807, 2.05) is 0 Å². The molecule has 15 nitrogen and oxygen atoms in total. The van der Waals surface area contributed by atoms with Crippen LogP contribution < -0.4 is 21.0 Å². The lowest BCUT2D eigenvalue weighted by Gasteiger charge is -2.17. The van der Waals surface area contributed by atoms with Gasteiger partial charge in [0.05, 0.1) is 27.7 Å². The normalized spacial score (nSPS) is 11.3. The minimum atomic E-state index is -1.57. The number of rotatable bonds is 8.